The average molecular weight is 189 g/mol. The molecule has 0 bridgehead atoms. The van der Waals surface area contributed by atoms with Crippen molar-refractivity contribution >= 4 is 5.78 Å². The van der Waals surface area contributed by atoms with E-state index in [1.165, 1.54) is 5.56 Å². The van der Waals surface area contributed by atoms with Gasteiger partial charge >= 0.3 is 0 Å². The summed E-state index contributed by atoms with van der Waals surface area (Å²) in [4.78, 5) is 11.8. The topological polar surface area (TPSA) is 43.1 Å². The lowest BCUT2D eigenvalue weighted by atomic mass is 9.90. The number of carbonyl (C=O) groups is 1. The highest BCUT2D eigenvalue weighted by Crippen LogP contribution is 2.49. The van der Waals surface area contributed by atoms with E-state index in [1.54, 1.807) is 0 Å². The van der Waals surface area contributed by atoms with Gasteiger partial charge in [-0.3, -0.25) is 4.79 Å². The van der Waals surface area contributed by atoms with Crippen molar-refractivity contribution in [2.75, 3.05) is 6.54 Å². The zero-order chi connectivity index (χ0) is 10.0. The van der Waals surface area contributed by atoms with Gasteiger partial charge in [0.1, 0.15) is 5.78 Å². The second-order valence-electron chi connectivity index (χ2n) is 3.91. The maximum atomic E-state index is 11.8. The molecule has 1 aromatic rings. The molecule has 1 fully saturated rings. The molecule has 0 unspecified atom stereocenters. The Bertz CT molecular complexity index is 327. The second kappa shape index (κ2) is 3.54. The minimum atomic E-state index is -0.166. The number of benzene rings is 1. The van der Waals surface area contributed by atoms with E-state index in [2.05, 4.69) is 0 Å². The lowest BCUT2D eigenvalue weighted by Gasteiger charge is -2.13. The minimum Gasteiger partial charge on any atom is -0.330 e. The molecule has 0 radical (unpaired) electrons. The highest BCUT2D eigenvalue weighted by atomic mass is 16.1. The zero-order valence-corrected chi connectivity index (χ0v) is 8.20. The number of hydrogen-bond donors (Lipinski definition) is 1. The van der Waals surface area contributed by atoms with Crippen LogP contribution in [0.5, 0.6) is 0 Å². The zero-order valence-electron chi connectivity index (χ0n) is 8.20. The second-order valence-corrected chi connectivity index (χ2v) is 3.91. The van der Waals surface area contributed by atoms with Crippen LogP contribution in [0.2, 0.25) is 0 Å². The maximum absolute atomic E-state index is 11.8. The van der Waals surface area contributed by atoms with Gasteiger partial charge in [-0.2, -0.15) is 0 Å². The van der Waals surface area contributed by atoms with Crippen LogP contribution in [0.15, 0.2) is 30.3 Å². The van der Waals surface area contributed by atoms with E-state index < -0.39 is 0 Å². The number of nitrogens with two attached hydrogens (primary N) is 1. The fourth-order valence-corrected chi connectivity index (χ4v) is 1.98. The molecular formula is C12H15NO. The first-order chi connectivity index (χ1) is 6.79. The lowest BCUT2D eigenvalue weighted by Crippen LogP contribution is -2.22. The van der Waals surface area contributed by atoms with Gasteiger partial charge < -0.3 is 5.73 Å². The van der Waals surface area contributed by atoms with Crippen LogP contribution in [0.3, 0.4) is 0 Å². The van der Waals surface area contributed by atoms with Crippen LogP contribution in [-0.4, -0.2) is 12.3 Å². The monoisotopic (exact) mass is 189 g/mol. The highest BCUT2D eigenvalue weighted by Gasteiger charge is 2.49. The van der Waals surface area contributed by atoms with Crippen molar-refractivity contribution in [3.05, 3.63) is 35.9 Å². The molecule has 0 atom stereocenters. The largest absolute Gasteiger partial charge is 0.330 e. The third-order valence-electron chi connectivity index (χ3n) is 2.98. The van der Waals surface area contributed by atoms with Crippen molar-refractivity contribution in [1.82, 2.24) is 0 Å². The molecule has 0 spiro atoms. The van der Waals surface area contributed by atoms with Gasteiger partial charge in [0.15, 0.2) is 0 Å². The summed E-state index contributed by atoms with van der Waals surface area (Å²) in [5, 5.41) is 0. The normalized spacial score (nSPS) is 17.8. The summed E-state index contributed by atoms with van der Waals surface area (Å²) in [6.07, 6.45) is 2.50. The molecule has 0 aromatic heterocycles. The number of hydrogen-bond acceptors (Lipinski definition) is 2. The summed E-state index contributed by atoms with van der Waals surface area (Å²) in [5.74, 6) is 0.311. The molecule has 14 heavy (non-hydrogen) atoms. The van der Waals surface area contributed by atoms with Gasteiger partial charge in [-0.15, -0.1) is 0 Å². The first kappa shape index (κ1) is 9.41. The van der Waals surface area contributed by atoms with Gasteiger partial charge in [0.05, 0.1) is 5.41 Å². The molecular weight excluding hydrogens is 174 g/mol. The van der Waals surface area contributed by atoms with Gasteiger partial charge in [0.25, 0.3) is 0 Å². The van der Waals surface area contributed by atoms with Crippen LogP contribution in [0.25, 0.3) is 0 Å². The molecule has 0 amide bonds. The van der Waals surface area contributed by atoms with Crippen molar-refractivity contribution in [3.63, 3.8) is 0 Å². The summed E-state index contributed by atoms with van der Waals surface area (Å²) < 4.78 is 0. The number of Topliss-reactive ketones (excluding diaryl/α,β-unsaturated/α-hetero) is 1. The van der Waals surface area contributed by atoms with E-state index in [9.17, 15) is 4.79 Å². The predicted octanol–water partition coefficient (Wildman–Crippen LogP) is 1.64. The quantitative estimate of drug-likeness (QED) is 0.782. The molecule has 0 aliphatic heterocycles. The first-order valence-electron chi connectivity index (χ1n) is 5.08. The average Bonchev–Trinajstić information content (AvgIpc) is 3.00. The van der Waals surface area contributed by atoms with Gasteiger partial charge in [0, 0.05) is 6.42 Å². The van der Waals surface area contributed by atoms with Crippen molar-refractivity contribution < 1.29 is 4.79 Å². The number of ketones is 1. The van der Waals surface area contributed by atoms with Crippen LogP contribution in [0.4, 0.5) is 0 Å². The summed E-state index contributed by atoms with van der Waals surface area (Å²) in [6.45, 7) is 0.466. The SMILES string of the molecule is NCCC(=O)C1(c2ccccc2)CC1. The molecule has 2 heteroatoms. The smallest absolute Gasteiger partial charge is 0.144 e. The Morgan fingerprint density at radius 2 is 1.93 bits per heavy atom. The van der Waals surface area contributed by atoms with E-state index in [0.717, 1.165) is 12.8 Å². The molecule has 0 saturated heterocycles. The Morgan fingerprint density at radius 3 is 2.43 bits per heavy atom. The van der Waals surface area contributed by atoms with Crippen molar-refractivity contribution in [1.29, 1.82) is 0 Å². The van der Waals surface area contributed by atoms with E-state index in [-0.39, 0.29) is 5.41 Å². The van der Waals surface area contributed by atoms with Gasteiger partial charge in [-0.25, -0.2) is 0 Å². The number of carbonyl (C=O) groups excluding carboxylic acids is 1. The number of rotatable bonds is 4. The third-order valence-corrected chi connectivity index (χ3v) is 2.98. The lowest BCUT2D eigenvalue weighted by molar-refractivity contribution is -0.121. The molecule has 1 saturated carbocycles. The van der Waals surface area contributed by atoms with Crippen molar-refractivity contribution in [2.45, 2.75) is 24.7 Å². The molecule has 1 aliphatic rings. The predicted molar refractivity (Wildman–Crippen MR) is 56.0 cm³/mol. The van der Waals surface area contributed by atoms with Crippen LogP contribution < -0.4 is 5.73 Å². The Hall–Kier alpha value is -1.15. The van der Waals surface area contributed by atoms with E-state index in [1.807, 2.05) is 30.3 Å². The van der Waals surface area contributed by atoms with E-state index in [4.69, 9.17) is 5.73 Å². The Balaban J connectivity index is 2.21. The fourth-order valence-electron chi connectivity index (χ4n) is 1.98. The molecule has 1 aromatic carbocycles. The molecule has 1 aliphatic carbocycles. The summed E-state index contributed by atoms with van der Waals surface area (Å²) in [6, 6.07) is 10.0. The van der Waals surface area contributed by atoms with Gasteiger partial charge in [-0.1, -0.05) is 30.3 Å². The summed E-state index contributed by atoms with van der Waals surface area (Å²) in [7, 11) is 0. The van der Waals surface area contributed by atoms with Crippen molar-refractivity contribution in [3.8, 4) is 0 Å². The maximum Gasteiger partial charge on any atom is 0.144 e. The highest BCUT2D eigenvalue weighted by molar-refractivity contribution is 5.93. The Kier molecular flexibility index (Phi) is 2.38. The Labute approximate surface area is 84.1 Å². The van der Waals surface area contributed by atoms with E-state index in [0.29, 0.717) is 18.7 Å². The molecule has 2 rings (SSSR count). The van der Waals surface area contributed by atoms with E-state index >= 15 is 0 Å². The summed E-state index contributed by atoms with van der Waals surface area (Å²) >= 11 is 0. The Morgan fingerprint density at radius 1 is 1.29 bits per heavy atom. The van der Waals surface area contributed by atoms with Crippen LogP contribution in [0, 0.1) is 0 Å². The van der Waals surface area contributed by atoms with Crippen molar-refractivity contribution in [2.24, 2.45) is 5.73 Å². The van der Waals surface area contributed by atoms with Gasteiger partial charge in [0.2, 0.25) is 0 Å². The van der Waals surface area contributed by atoms with Crippen LogP contribution in [0.1, 0.15) is 24.8 Å². The first-order valence-corrected chi connectivity index (χ1v) is 5.08. The van der Waals surface area contributed by atoms with Crippen LogP contribution in [-0.2, 0) is 10.2 Å². The molecule has 2 N–H and O–H groups in total. The minimum absolute atomic E-state index is 0.166. The van der Waals surface area contributed by atoms with Gasteiger partial charge in [-0.05, 0) is 24.9 Å². The fraction of sp³-hybridized carbons (Fsp3) is 0.417. The molecule has 74 valence electrons. The molecule has 0 heterocycles. The van der Waals surface area contributed by atoms with Crippen LogP contribution >= 0.6 is 0 Å². The third kappa shape index (κ3) is 1.46. The molecule has 2 nitrogen and oxygen atoms in total. The standard InChI is InChI=1S/C12H15NO/c13-9-6-11(14)12(7-8-12)10-4-2-1-3-5-10/h1-5H,6-9,13H2. The summed E-state index contributed by atoms with van der Waals surface area (Å²) in [5.41, 5.74) is 6.41.